The Morgan fingerprint density at radius 2 is 1.81 bits per heavy atom. The third-order valence-electron chi connectivity index (χ3n) is 4.52. The van der Waals surface area contributed by atoms with Crippen molar-refractivity contribution < 1.29 is 18.7 Å². The third kappa shape index (κ3) is 5.67. The Kier molecular flexibility index (Phi) is 6.62. The van der Waals surface area contributed by atoms with Crippen LogP contribution in [0.1, 0.15) is 28.4 Å². The van der Waals surface area contributed by atoms with E-state index in [1.807, 2.05) is 12.1 Å². The van der Waals surface area contributed by atoms with Gasteiger partial charge in [0.1, 0.15) is 12.3 Å². The Bertz CT molecular complexity index is 737. The number of ether oxygens (including phenoxy) is 1. The summed E-state index contributed by atoms with van der Waals surface area (Å²) in [7, 11) is 0. The summed E-state index contributed by atoms with van der Waals surface area (Å²) in [6.07, 6.45) is 2.76. The van der Waals surface area contributed by atoms with Crippen molar-refractivity contribution in [1.82, 2.24) is 15.5 Å². The predicted molar refractivity (Wildman–Crippen MR) is 100 cm³/mol. The quantitative estimate of drug-likeness (QED) is 0.771. The van der Waals surface area contributed by atoms with Gasteiger partial charge in [-0.05, 0) is 24.1 Å². The van der Waals surface area contributed by atoms with Crippen LogP contribution < -0.4 is 10.6 Å². The molecule has 0 bridgehead atoms. The van der Waals surface area contributed by atoms with Crippen molar-refractivity contribution in [3.8, 4) is 0 Å². The molecule has 7 nitrogen and oxygen atoms in total. The van der Waals surface area contributed by atoms with E-state index in [1.54, 1.807) is 13.0 Å². The molecule has 7 heteroatoms. The number of carbonyl (C=O) groups is 2. The Balaban J connectivity index is 1.43. The third-order valence-corrected chi connectivity index (χ3v) is 4.52. The molecule has 2 amide bonds. The lowest BCUT2D eigenvalue weighted by Gasteiger charge is -2.26. The van der Waals surface area contributed by atoms with E-state index in [4.69, 9.17) is 9.15 Å². The number of furan rings is 1. The molecule has 2 aromatic rings. The van der Waals surface area contributed by atoms with Gasteiger partial charge in [0.2, 0.25) is 5.91 Å². The molecule has 1 atom stereocenters. The lowest BCUT2D eigenvalue weighted by atomic mass is 10.1. The van der Waals surface area contributed by atoms with Crippen LogP contribution in [0.2, 0.25) is 0 Å². The number of amides is 2. The summed E-state index contributed by atoms with van der Waals surface area (Å²) in [6.45, 7) is 6.48. The standard InChI is InChI=1S/C20H25N3O4/c1-15(22-20(25)18-6-9-27-14-18)19(24)21-12-16-2-4-17(5-3-16)13-23-7-10-26-11-8-23/h2-6,9,14-15H,7-8,10-13H2,1H3,(H,21,24)(H,22,25). The fourth-order valence-corrected chi connectivity index (χ4v) is 2.86. The molecule has 3 rings (SSSR count). The van der Waals surface area contributed by atoms with Crippen molar-refractivity contribution in [1.29, 1.82) is 0 Å². The zero-order valence-corrected chi connectivity index (χ0v) is 15.4. The summed E-state index contributed by atoms with van der Waals surface area (Å²) in [4.78, 5) is 26.5. The number of carbonyl (C=O) groups excluding carboxylic acids is 2. The van der Waals surface area contributed by atoms with E-state index in [2.05, 4.69) is 27.7 Å². The minimum absolute atomic E-state index is 0.232. The van der Waals surface area contributed by atoms with Gasteiger partial charge in [-0.25, -0.2) is 0 Å². The molecule has 0 aliphatic carbocycles. The van der Waals surface area contributed by atoms with Crippen LogP contribution in [-0.4, -0.2) is 49.1 Å². The molecule has 27 heavy (non-hydrogen) atoms. The van der Waals surface area contributed by atoms with Gasteiger partial charge in [-0.2, -0.15) is 0 Å². The van der Waals surface area contributed by atoms with Crippen molar-refractivity contribution in [2.24, 2.45) is 0 Å². The highest BCUT2D eigenvalue weighted by Gasteiger charge is 2.17. The lowest BCUT2D eigenvalue weighted by molar-refractivity contribution is -0.122. The van der Waals surface area contributed by atoms with Gasteiger partial charge < -0.3 is 19.8 Å². The van der Waals surface area contributed by atoms with E-state index in [-0.39, 0.29) is 11.8 Å². The van der Waals surface area contributed by atoms with Crippen molar-refractivity contribution >= 4 is 11.8 Å². The van der Waals surface area contributed by atoms with E-state index in [1.165, 1.54) is 18.1 Å². The van der Waals surface area contributed by atoms with E-state index < -0.39 is 6.04 Å². The Labute approximate surface area is 158 Å². The predicted octanol–water partition coefficient (Wildman–Crippen LogP) is 1.55. The molecule has 144 valence electrons. The molecule has 0 spiro atoms. The number of hydrogen-bond donors (Lipinski definition) is 2. The van der Waals surface area contributed by atoms with Crippen LogP contribution in [0.4, 0.5) is 0 Å². The van der Waals surface area contributed by atoms with Crippen LogP contribution in [0.15, 0.2) is 47.3 Å². The first kappa shape index (κ1) is 19.1. The van der Waals surface area contributed by atoms with E-state index in [0.29, 0.717) is 12.1 Å². The fraction of sp³-hybridized carbons (Fsp3) is 0.400. The molecule has 2 heterocycles. The molecule has 1 unspecified atom stereocenters. The molecular formula is C20H25N3O4. The van der Waals surface area contributed by atoms with E-state index >= 15 is 0 Å². The molecule has 0 radical (unpaired) electrons. The Hall–Kier alpha value is -2.64. The number of benzene rings is 1. The van der Waals surface area contributed by atoms with Crippen molar-refractivity contribution in [3.05, 3.63) is 59.5 Å². The largest absolute Gasteiger partial charge is 0.472 e. The minimum atomic E-state index is -0.631. The summed E-state index contributed by atoms with van der Waals surface area (Å²) in [5, 5.41) is 5.49. The molecule has 1 fully saturated rings. The number of nitrogens with one attached hydrogen (secondary N) is 2. The average molecular weight is 371 g/mol. The van der Waals surface area contributed by atoms with Crippen LogP contribution in [0.25, 0.3) is 0 Å². The van der Waals surface area contributed by atoms with Gasteiger partial charge in [-0.3, -0.25) is 14.5 Å². The van der Waals surface area contributed by atoms with Crippen LogP contribution in [0, 0.1) is 0 Å². The molecular weight excluding hydrogens is 346 g/mol. The van der Waals surface area contributed by atoms with Gasteiger partial charge in [0.05, 0.1) is 25.0 Å². The maximum absolute atomic E-state index is 12.2. The molecule has 2 N–H and O–H groups in total. The summed E-state index contributed by atoms with van der Waals surface area (Å²) in [5.41, 5.74) is 2.65. The molecule has 0 saturated carbocycles. The number of nitrogens with zero attached hydrogens (tertiary/aromatic N) is 1. The SMILES string of the molecule is CC(NC(=O)c1ccoc1)C(=O)NCc1ccc(CN2CCOCC2)cc1. The van der Waals surface area contributed by atoms with Crippen LogP contribution in [0.3, 0.4) is 0 Å². The van der Waals surface area contributed by atoms with E-state index in [9.17, 15) is 9.59 Å². The maximum Gasteiger partial charge on any atom is 0.255 e. The molecule has 1 aromatic heterocycles. The summed E-state index contributed by atoms with van der Waals surface area (Å²) < 4.78 is 10.2. The highest BCUT2D eigenvalue weighted by atomic mass is 16.5. The second kappa shape index (κ2) is 9.34. The van der Waals surface area contributed by atoms with Crippen LogP contribution >= 0.6 is 0 Å². The first-order chi connectivity index (χ1) is 13.1. The van der Waals surface area contributed by atoms with Crippen molar-refractivity contribution in [2.75, 3.05) is 26.3 Å². The molecule has 1 aliphatic rings. The molecule has 1 saturated heterocycles. The van der Waals surface area contributed by atoms with E-state index in [0.717, 1.165) is 38.4 Å². The highest BCUT2D eigenvalue weighted by Crippen LogP contribution is 2.09. The number of rotatable bonds is 7. The lowest BCUT2D eigenvalue weighted by Crippen LogP contribution is -2.44. The van der Waals surface area contributed by atoms with Crippen molar-refractivity contribution in [3.63, 3.8) is 0 Å². The van der Waals surface area contributed by atoms with Crippen LogP contribution in [0.5, 0.6) is 0 Å². The Morgan fingerprint density at radius 1 is 1.11 bits per heavy atom. The summed E-state index contributed by atoms with van der Waals surface area (Å²) in [5.74, 6) is -0.567. The fourth-order valence-electron chi connectivity index (χ4n) is 2.86. The number of morpholine rings is 1. The molecule has 1 aliphatic heterocycles. The monoisotopic (exact) mass is 371 g/mol. The van der Waals surface area contributed by atoms with Gasteiger partial charge in [-0.15, -0.1) is 0 Å². The second-order valence-electron chi connectivity index (χ2n) is 6.63. The second-order valence-corrected chi connectivity index (χ2v) is 6.63. The van der Waals surface area contributed by atoms with Gasteiger partial charge in [0.15, 0.2) is 0 Å². The summed E-state index contributed by atoms with van der Waals surface area (Å²) >= 11 is 0. The topological polar surface area (TPSA) is 83.8 Å². The smallest absolute Gasteiger partial charge is 0.255 e. The number of hydrogen-bond acceptors (Lipinski definition) is 5. The normalized spacial score (nSPS) is 15.9. The molecule has 1 aromatic carbocycles. The van der Waals surface area contributed by atoms with Gasteiger partial charge >= 0.3 is 0 Å². The first-order valence-corrected chi connectivity index (χ1v) is 9.10. The average Bonchev–Trinajstić information content (AvgIpc) is 3.23. The Morgan fingerprint density at radius 3 is 2.48 bits per heavy atom. The highest BCUT2D eigenvalue weighted by molar-refractivity contribution is 5.97. The van der Waals surface area contributed by atoms with Gasteiger partial charge in [-0.1, -0.05) is 24.3 Å². The van der Waals surface area contributed by atoms with Crippen molar-refractivity contribution in [2.45, 2.75) is 26.1 Å². The first-order valence-electron chi connectivity index (χ1n) is 9.10. The maximum atomic E-state index is 12.2. The zero-order chi connectivity index (χ0) is 19.1. The minimum Gasteiger partial charge on any atom is -0.472 e. The summed E-state index contributed by atoms with van der Waals surface area (Å²) in [6, 6.07) is 9.13. The van der Waals surface area contributed by atoms with Gasteiger partial charge in [0, 0.05) is 26.2 Å². The zero-order valence-electron chi connectivity index (χ0n) is 15.4. The van der Waals surface area contributed by atoms with Crippen LogP contribution in [-0.2, 0) is 22.6 Å². The van der Waals surface area contributed by atoms with Gasteiger partial charge in [0.25, 0.3) is 5.91 Å².